The van der Waals surface area contributed by atoms with Gasteiger partial charge in [0.05, 0.1) is 37.6 Å². The molecule has 7 aliphatic rings. The second-order valence-electron chi connectivity index (χ2n) is 15.1. The topological polar surface area (TPSA) is 172 Å². The Morgan fingerprint density at radius 2 is 1.84 bits per heavy atom. The van der Waals surface area contributed by atoms with E-state index in [1.54, 1.807) is 12.1 Å². The van der Waals surface area contributed by atoms with Gasteiger partial charge in [0.2, 0.25) is 6.79 Å². The number of fused-ring (bicyclic) bond motifs is 9. The molecule has 1 unspecified atom stereocenters. The van der Waals surface area contributed by atoms with Gasteiger partial charge in [-0.15, -0.1) is 11.8 Å². The van der Waals surface area contributed by atoms with E-state index in [1.807, 2.05) is 27.0 Å². The van der Waals surface area contributed by atoms with E-state index in [4.69, 9.17) is 28.4 Å². The molecule has 2 fully saturated rings. The normalized spacial score (nSPS) is 28.9. The summed E-state index contributed by atoms with van der Waals surface area (Å²) in [6.45, 7) is 5.28. The fourth-order valence-electron chi connectivity index (χ4n) is 10.2. The molecule has 3 aromatic carbocycles. The van der Waals surface area contributed by atoms with E-state index in [9.17, 15) is 25.1 Å². The molecule has 3 aromatic rings. The van der Waals surface area contributed by atoms with Crippen molar-refractivity contribution in [3.05, 3.63) is 62.7 Å². The van der Waals surface area contributed by atoms with Gasteiger partial charge in [0.1, 0.15) is 18.4 Å². The largest absolute Gasteiger partial charge is 0.504 e. The van der Waals surface area contributed by atoms with Gasteiger partial charge in [-0.1, -0.05) is 6.07 Å². The molecule has 0 radical (unpaired) electrons. The molecule has 7 heterocycles. The lowest BCUT2D eigenvalue weighted by Crippen LogP contribution is -2.69. The molecule has 55 heavy (non-hydrogen) atoms. The Labute approximate surface area is 322 Å². The van der Waals surface area contributed by atoms with E-state index in [0.29, 0.717) is 70.2 Å². The van der Waals surface area contributed by atoms with E-state index in [2.05, 4.69) is 21.2 Å². The number of carbonyl (C=O) groups is 2. The van der Waals surface area contributed by atoms with Crippen LogP contribution in [0.5, 0.6) is 40.2 Å². The summed E-state index contributed by atoms with van der Waals surface area (Å²) in [6.07, 6.45) is 1.05. The van der Waals surface area contributed by atoms with Gasteiger partial charge in [-0.05, 0) is 68.1 Å². The second kappa shape index (κ2) is 12.8. The zero-order valence-corrected chi connectivity index (χ0v) is 32.2. The number of carbonyl (C=O) groups excluding carboxylic acids is 2. The molecule has 7 atom stereocenters. The molecule has 288 valence electrons. The van der Waals surface area contributed by atoms with Gasteiger partial charge in [-0.25, -0.2) is 4.79 Å². The number of hydrogen-bond donors (Lipinski definition) is 3. The summed E-state index contributed by atoms with van der Waals surface area (Å²) < 4.78 is 36.1. The summed E-state index contributed by atoms with van der Waals surface area (Å²) in [5, 5.41) is 36.9. The highest BCUT2D eigenvalue weighted by Gasteiger charge is 2.62. The molecule has 2 saturated heterocycles. The summed E-state index contributed by atoms with van der Waals surface area (Å²) in [6, 6.07) is 5.28. The van der Waals surface area contributed by atoms with Crippen LogP contribution in [-0.4, -0.2) is 97.0 Å². The Morgan fingerprint density at radius 1 is 1.05 bits per heavy atom. The lowest BCUT2D eigenvalue weighted by molar-refractivity contribution is -0.157. The number of phenolic OH excluding ortho intramolecular Hbond substituents is 2. The number of nitriles is 1. The number of methoxy groups -OCH3 is 2. The minimum absolute atomic E-state index is 0.0239. The average Bonchev–Trinajstić information content (AvgIpc) is 3.65. The van der Waals surface area contributed by atoms with E-state index < -0.39 is 46.9 Å². The Hall–Kier alpha value is -4.88. The first-order chi connectivity index (χ1) is 26.4. The number of aryl methyl sites for hydroxylation is 1. The molecule has 3 N–H and O–H groups in total. The lowest BCUT2D eigenvalue weighted by atomic mass is 9.71. The standard InChI is InChI=1S/C40H42N4O10S/c1-17-9-21-10-23-24(13-41)44-25-14-51-39(48)40(22-12-27(49-5)26(46)11-20(22)7-8-42-40)15-55-38(32(44)31(43(23)4)28(21)33(47)34(17)50-6)30-29(25)37-36(52-16-53-37)18(2)35(30)54-19(3)45/h9,11-12,23-25,31-32,38,42,46-47H,7-8,10,14-16H2,1-6H3/t23-,24-,25+,31-,32?,38+,40+/m0/s1. The molecule has 0 aromatic heterocycles. The summed E-state index contributed by atoms with van der Waals surface area (Å²) in [5.41, 5.74) is 4.41. The Balaban J connectivity index is 1.33. The molecule has 7 aliphatic heterocycles. The highest BCUT2D eigenvalue weighted by molar-refractivity contribution is 7.99. The van der Waals surface area contributed by atoms with Crippen molar-refractivity contribution in [1.29, 1.82) is 5.26 Å². The van der Waals surface area contributed by atoms with E-state index in [0.717, 1.165) is 16.7 Å². The van der Waals surface area contributed by atoms with Gasteiger partial charge in [0.25, 0.3) is 0 Å². The summed E-state index contributed by atoms with van der Waals surface area (Å²) in [5.74, 6) is 0.973. The van der Waals surface area contributed by atoms with Crippen molar-refractivity contribution in [2.45, 2.75) is 74.6 Å². The fraction of sp³-hybridized carbons (Fsp3) is 0.475. The van der Waals surface area contributed by atoms with Crippen LogP contribution in [-0.2, 0) is 32.7 Å². The van der Waals surface area contributed by atoms with Gasteiger partial charge in [0.15, 0.2) is 40.0 Å². The van der Waals surface area contributed by atoms with E-state index in [1.165, 1.54) is 32.9 Å². The van der Waals surface area contributed by atoms with Crippen LogP contribution in [0.2, 0.25) is 0 Å². The zero-order valence-electron chi connectivity index (χ0n) is 31.3. The fourth-order valence-corrected chi connectivity index (χ4v) is 11.9. The predicted octanol–water partition coefficient (Wildman–Crippen LogP) is 3.99. The van der Waals surface area contributed by atoms with Crippen molar-refractivity contribution in [2.24, 2.45) is 0 Å². The van der Waals surface area contributed by atoms with Crippen molar-refractivity contribution in [3.63, 3.8) is 0 Å². The Bertz CT molecular complexity index is 2220. The van der Waals surface area contributed by atoms with E-state index >= 15 is 0 Å². The molecule has 14 nitrogen and oxygen atoms in total. The summed E-state index contributed by atoms with van der Waals surface area (Å²) >= 11 is 1.48. The molecule has 0 aliphatic carbocycles. The molecule has 10 rings (SSSR count). The van der Waals surface area contributed by atoms with Crippen molar-refractivity contribution in [2.75, 3.05) is 47.0 Å². The van der Waals surface area contributed by atoms with Crippen LogP contribution in [0, 0.1) is 25.2 Å². The number of hydrogen-bond acceptors (Lipinski definition) is 15. The van der Waals surface area contributed by atoms with Crippen molar-refractivity contribution >= 4 is 23.7 Å². The third-order valence-corrected chi connectivity index (χ3v) is 13.9. The number of rotatable bonds is 3. The maximum Gasteiger partial charge on any atom is 0.331 e. The number of phenols is 2. The van der Waals surface area contributed by atoms with Crippen LogP contribution in [0.25, 0.3) is 0 Å². The second-order valence-corrected chi connectivity index (χ2v) is 16.2. The molecule has 1 spiro atoms. The third kappa shape index (κ3) is 4.90. The average molecular weight is 771 g/mol. The van der Waals surface area contributed by atoms with Gasteiger partial charge < -0.3 is 38.6 Å². The highest BCUT2D eigenvalue weighted by Crippen LogP contribution is 2.64. The number of esters is 2. The first-order valence-corrected chi connectivity index (χ1v) is 19.4. The van der Waals surface area contributed by atoms with Gasteiger partial charge in [0, 0.05) is 53.6 Å². The molecule has 4 bridgehead atoms. The maximum atomic E-state index is 14.7. The lowest BCUT2D eigenvalue weighted by Gasteiger charge is -2.62. The smallest absolute Gasteiger partial charge is 0.331 e. The van der Waals surface area contributed by atoms with Gasteiger partial charge in [-0.3, -0.25) is 19.9 Å². The Morgan fingerprint density at radius 3 is 2.56 bits per heavy atom. The van der Waals surface area contributed by atoms with Crippen LogP contribution >= 0.6 is 11.8 Å². The molecule has 15 heteroatoms. The quantitative estimate of drug-likeness (QED) is 0.258. The van der Waals surface area contributed by atoms with Crippen LogP contribution in [0.15, 0.2) is 18.2 Å². The first-order valence-electron chi connectivity index (χ1n) is 18.3. The number of thioether (sulfide) groups is 1. The van der Waals surface area contributed by atoms with Gasteiger partial charge >= 0.3 is 11.9 Å². The third-order valence-electron chi connectivity index (χ3n) is 12.4. The first kappa shape index (κ1) is 35.8. The van der Waals surface area contributed by atoms with Crippen molar-refractivity contribution in [3.8, 4) is 46.3 Å². The summed E-state index contributed by atoms with van der Waals surface area (Å²) in [4.78, 5) is 32.0. The number of piperazine rings is 1. The number of nitrogens with one attached hydrogen (secondary N) is 1. The van der Waals surface area contributed by atoms with Crippen LogP contribution in [0.1, 0.15) is 68.8 Å². The molecule has 0 saturated carbocycles. The van der Waals surface area contributed by atoms with E-state index in [-0.39, 0.29) is 42.4 Å². The van der Waals surface area contributed by atoms with Crippen molar-refractivity contribution < 1.29 is 48.2 Å². The zero-order chi connectivity index (χ0) is 38.7. The number of aromatic hydroxyl groups is 2. The maximum absolute atomic E-state index is 14.7. The predicted molar refractivity (Wildman–Crippen MR) is 198 cm³/mol. The molecule has 0 amide bonds. The molecular weight excluding hydrogens is 729 g/mol. The van der Waals surface area contributed by atoms with Gasteiger partial charge in [-0.2, -0.15) is 5.26 Å². The number of likely N-dealkylation sites (N-methyl/N-ethyl adjacent to an activating group) is 1. The SMILES string of the molecule is COc1cc2c(cc1O)CCN[C@]21CS[C@@H]2c3c(OC(C)=O)c(C)c4c(c3[C@@H](COC1=O)N1C2[C@@H]2c3c(cc(C)c(OC)c3O)C[C@@H]([C@@H]1C#N)N2C)OCO4. The van der Waals surface area contributed by atoms with Crippen LogP contribution in [0.3, 0.4) is 0 Å². The minimum Gasteiger partial charge on any atom is -0.504 e. The Kier molecular flexibility index (Phi) is 8.36. The highest BCUT2D eigenvalue weighted by atomic mass is 32.2. The monoisotopic (exact) mass is 770 g/mol. The van der Waals surface area contributed by atoms with Crippen molar-refractivity contribution in [1.82, 2.24) is 15.1 Å². The number of benzene rings is 3. The number of nitrogens with zero attached hydrogens (tertiary/aromatic N) is 3. The van der Waals surface area contributed by atoms with Crippen LogP contribution < -0.4 is 29.0 Å². The minimum atomic E-state index is -1.36. The van der Waals surface area contributed by atoms with Crippen LogP contribution in [0.4, 0.5) is 0 Å². The molecular formula is C40H42N4O10S. The summed E-state index contributed by atoms with van der Waals surface area (Å²) in [7, 11) is 4.99. The number of ether oxygens (including phenoxy) is 6.